The van der Waals surface area contributed by atoms with Crippen molar-refractivity contribution in [2.24, 2.45) is 5.73 Å². The van der Waals surface area contributed by atoms with Gasteiger partial charge in [0.2, 0.25) is 0 Å². The molecular weight excluding hydrogens is 242 g/mol. The van der Waals surface area contributed by atoms with E-state index in [0.717, 1.165) is 5.69 Å². The molecule has 0 aliphatic rings. The van der Waals surface area contributed by atoms with Gasteiger partial charge in [-0.25, -0.2) is 4.98 Å². The second kappa shape index (κ2) is 5.06. The summed E-state index contributed by atoms with van der Waals surface area (Å²) in [4.78, 5) is 16.8. The number of rotatable bonds is 3. The minimum absolute atomic E-state index is 0. The number of carboxylic acid groups (broad SMARTS) is 1. The number of imidazole rings is 1. The van der Waals surface area contributed by atoms with Gasteiger partial charge in [0.1, 0.15) is 6.04 Å². The van der Waals surface area contributed by atoms with Crippen LogP contribution in [-0.4, -0.2) is 27.1 Å². The van der Waals surface area contributed by atoms with Crippen molar-refractivity contribution in [1.29, 1.82) is 0 Å². The summed E-state index contributed by atoms with van der Waals surface area (Å²) in [6.45, 7) is 0. The number of hydrogen-bond donors (Lipinski definition) is 3. The molecule has 0 radical (unpaired) electrons. The molecule has 1 aromatic rings. The first-order valence-corrected chi connectivity index (χ1v) is 3.16. The van der Waals surface area contributed by atoms with Gasteiger partial charge in [-0.1, -0.05) is 0 Å². The number of aliphatic carboxylic acids is 1. The number of nitrogens with two attached hydrogens (primary N) is 1. The third-order valence-corrected chi connectivity index (χ3v) is 1.31. The van der Waals surface area contributed by atoms with Crippen LogP contribution < -0.4 is 5.73 Å². The van der Waals surface area contributed by atoms with Gasteiger partial charge in [-0.3, -0.25) is 4.79 Å². The van der Waals surface area contributed by atoms with E-state index in [0.29, 0.717) is 0 Å². The first kappa shape index (κ1) is 11.3. The first-order chi connectivity index (χ1) is 5.20. The molecule has 0 saturated carbocycles. The fourth-order valence-electron chi connectivity index (χ4n) is 0.721. The van der Waals surface area contributed by atoms with E-state index in [1.165, 1.54) is 6.33 Å². The molecule has 0 aliphatic heterocycles. The molecule has 0 aromatic carbocycles. The topological polar surface area (TPSA) is 92.0 Å². The van der Waals surface area contributed by atoms with Crippen LogP contribution in [0.15, 0.2) is 12.5 Å². The number of aromatic nitrogens is 2. The zero-order chi connectivity index (χ0) is 8.27. The van der Waals surface area contributed by atoms with Crippen molar-refractivity contribution < 1.29 is 31.0 Å². The van der Waals surface area contributed by atoms with Crippen molar-refractivity contribution in [3.05, 3.63) is 18.2 Å². The number of hydrogen-bond acceptors (Lipinski definition) is 3. The number of carboxylic acids is 1. The Kier molecular flexibility index (Phi) is 4.78. The van der Waals surface area contributed by atoms with Crippen LogP contribution in [0, 0.1) is 0 Å². The third-order valence-electron chi connectivity index (χ3n) is 1.31. The summed E-state index contributed by atoms with van der Waals surface area (Å²) in [5, 5.41) is 8.42. The maximum atomic E-state index is 10.3. The van der Waals surface area contributed by atoms with Gasteiger partial charge in [-0.2, -0.15) is 0 Å². The maximum Gasteiger partial charge on any atom is 0.320 e. The van der Waals surface area contributed by atoms with Gasteiger partial charge >= 0.3 is 5.97 Å². The van der Waals surface area contributed by atoms with Gasteiger partial charge in [-0.15, -0.1) is 0 Å². The van der Waals surface area contributed by atoms with Crippen molar-refractivity contribution in [2.45, 2.75) is 12.5 Å². The van der Waals surface area contributed by atoms with Crippen molar-refractivity contribution in [3.63, 3.8) is 0 Å². The Labute approximate surface area is 83.6 Å². The van der Waals surface area contributed by atoms with E-state index in [2.05, 4.69) is 9.97 Å². The van der Waals surface area contributed by atoms with Crippen LogP contribution in [0.3, 0.4) is 0 Å². The standard InChI is InChI=1S/C6H9N3O2.Mo/c7-5(6(10)11)1-4-2-8-3-9-4;/h2-3,5H,1,7H2,(H,8,9)(H,10,11);/t5-;/m0./s1. The van der Waals surface area contributed by atoms with Gasteiger partial charge in [0.05, 0.1) is 6.33 Å². The van der Waals surface area contributed by atoms with Gasteiger partial charge in [0.15, 0.2) is 0 Å². The average molecular weight is 251 g/mol. The van der Waals surface area contributed by atoms with E-state index in [-0.39, 0.29) is 27.5 Å². The smallest absolute Gasteiger partial charge is 0.320 e. The summed E-state index contributed by atoms with van der Waals surface area (Å²) in [5.41, 5.74) is 6.00. The van der Waals surface area contributed by atoms with Crippen LogP contribution in [-0.2, 0) is 32.3 Å². The van der Waals surface area contributed by atoms with E-state index in [1.54, 1.807) is 6.20 Å². The van der Waals surface area contributed by atoms with Crippen LogP contribution in [0.2, 0.25) is 0 Å². The van der Waals surface area contributed by atoms with Crippen LogP contribution in [0.5, 0.6) is 0 Å². The predicted molar refractivity (Wildman–Crippen MR) is 37.9 cm³/mol. The Hall–Kier alpha value is -0.672. The molecule has 1 atom stereocenters. The molecule has 0 amide bonds. The molecular formula is C6H9MoN3O2. The van der Waals surface area contributed by atoms with Crippen molar-refractivity contribution in [3.8, 4) is 0 Å². The summed E-state index contributed by atoms with van der Waals surface area (Å²) in [6.07, 6.45) is 3.34. The molecule has 4 N–H and O–H groups in total. The molecule has 0 aliphatic carbocycles. The Balaban J connectivity index is 0.00000121. The third kappa shape index (κ3) is 3.15. The monoisotopic (exact) mass is 253 g/mol. The first-order valence-electron chi connectivity index (χ1n) is 3.16. The molecule has 0 fully saturated rings. The van der Waals surface area contributed by atoms with Gasteiger partial charge in [0.25, 0.3) is 0 Å². The van der Waals surface area contributed by atoms with E-state index in [4.69, 9.17) is 10.8 Å². The van der Waals surface area contributed by atoms with E-state index < -0.39 is 12.0 Å². The average Bonchev–Trinajstić information content (AvgIpc) is 2.39. The summed E-state index contributed by atoms with van der Waals surface area (Å²) in [6, 6.07) is -0.851. The Morgan fingerprint density at radius 3 is 2.92 bits per heavy atom. The largest absolute Gasteiger partial charge is 0.480 e. The summed E-state index contributed by atoms with van der Waals surface area (Å²) in [7, 11) is 0. The van der Waals surface area contributed by atoms with Gasteiger partial charge in [0, 0.05) is 39.4 Å². The molecule has 1 heterocycles. The molecule has 0 unspecified atom stereocenters. The van der Waals surface area contributed by atoms with Crippen LogP contribution in [0.4, 0.5) is 0 Å². The molecule has 0 spiro atoms. The quantitative estimate of drug-likeness (QED) is 0.623. The van der Waals surface area contributed by atoms with Crippen molar-refractivity contribution in [2.75, 3.05) is 0 Å². The van der Waals surface area contributed by atoms with Gasteiger partial charge < -0.3 is 15.8 Å². The van der Waals surface area contributed by atoms with Gasteiger partial charge in [-0.05, 0) is 0 Å². The fourth-order valence-corrected chi connectivity index (χ4v) is 0.721. The predicted octanol–water partition coefficient (Wildman–Crippen LogP) is -0.638. The normalized spacial score (nSPS) is 11.8. The minimum Gasteiger partial charge on any atom is -0.480 e. The van der Waals surface area contributed by atoms with E-state index in [9.17, 15) is 4.79 Å². The molecule has 0 saturated heterocycles. The SMILES string of the molecule is N[C@@H](Cc1cnc[nH]1)C(=O)O.[Mo]. The zero-order valence-corrected chi connectivity index (χ0v) is 8.23. The molecule has 1 aromatic heterocycles. The van der Waals surface area contributed by atoms with Crippen LogP contribution in [0.1, 0.15) is 5.69 Å². The second-order valence-electron chi connectivity index (χ2n) is 2.23. The summed E-state index contributed by atoms with van der Waals surface area (Å²) < 4.78 is 0. The number of H-pyrrole nitrogens is 1. The van der Waals surface area contributed by atoms with Crippen molar-refractivity contribution in [1.82, 2.24) is 9.97 Å². The number of carbonyl (C=O) groups is 1. The van der Waals surface area contributed by atoms with Crippen LogP contribution >= 0.6 is 0 Å². The minimum atomic E-state index is -1.00. The molecule has 0 bridgehead atoms. The second-order valence-corrected chi connectivity index (χ2v) is 2.23. The Bertz CT molecular complexity index is 237. The fraction of sp³-hybridized carbons (Fsp3) is 0.333. The summed E-state index contributed by atoms with van der Waals surface area (Å²) >= 11 is 0. The van der Waals surface area contributed by atoms with E-state index in [1.807, 2.05) is 0 Å². The molecule has 6 heteroatoms. The number of nitrogens with one attached hydrogen (secondary N) is 1. The zero-order valence-electron chi connectivity index (χ0n) is 6.23. The molecule has 66 valence electrons. The maximum absolute atomic E-state index is 10.3. The summed E-state index contributed by atoms with van der Waals surface area (Å²) in [5.74, 6) is -1.00. The van der Waals surface area contributed by atoms with Crippen molar-refractivity contribution >= 4 is 5.97 Å². The number of nitrogens with zero attached hydrogens (tertiary/aromatic N) is 1. The number of aromatic amines is 1. The molecule has 12 heavy (non-hydrogen) atoms. The molecule has 5 nitrogen and oxygen atoms in total. The molecule has 1 rings (SSSR count). The van der Waals surface area contributed by atoms with E-state index >= 15 is 0 Å². The Morgan fingerprint density at radius 1 is 1.83 bits per heavy atom. The Morgan fingerprint density at radius 2 is 2.50 bits per heavy atom. The van der Waals surface area contributed by atoms with Crippen LogP contribution in [0.25, 0.3) is 0 Å².